The Bertz CT molecular complexity index is 586. The van der Waals surface area contributed by atoms with Gasteiger partial charge < -0.3 is 14.9 Å². The van der Waals surface area contributed by atoms with E-state index in [1.54, 1.807) is 38.1 Å². The summed E-state index contributed by atoms with van der Waals surface area (Å²) in [5, 5.41) is 19.7. The van der Waals surface area contributed by atoms with E-state index in [9.17, 15) is 14.6 Å². The van der Waals surface area contributed by atoms with E-state index in [0.29, 0.717) is 11.3 Å². The van der Waals surface area contributed by atoms with Crippen LogP contribution in [0.4, 0.5) is 4.39 Å². The molecule has 0 unspecified atom stereocenters. The second-order valence-corrected chi connectivity index (χ2v) is 5.15. The Hall–Kier alpha value is -2.07. The van der Waals surface area contributed by atoms with Crippen LogP contribution in [0, 0.1) is 5.82 Å². The van der Waals surface area contributed by atoms with Gasteiger partial charge in [-0.25, -0.2) is 4.39 Å². The quantitative estimate of drug-likeness (QED) is 0.900. The molecule has 0 atom stereocenters. The molecule has 3 nitrogen and oxygen atoms in total. The fourth-order valence-electron chi connectivity index (χ4n) is 1.84. The van der Waals surface area contributed by atoms with Gasteiger partial charge in [0.1, 0.15) is 23.9 Å². The Morgan fingerprint density at radius 3 is 2.35 bits per heavy atom. The summed E-state index contributed by atoms with van der Waals surface area (Å²) >= 11 is 0. The van der Waals surface area contributed by atoms with Crippen LogP contribution in [0.15, 0.2) is 42.5 Å². The Balaban J connectivity index is 2.12. The molecule has 0 aliphatic heterocycles. The van der Waals surface area contributed by atoms with Gasteiger partial charge in [0.25, 0.3) is 0 Å². The van der Waals surface area contributed by atoms with Gasteiger partial charge in [-0.1, -0.05) is 12.1 Å². The van der Waals surface area contributed by atoms with Gasteiger partial charge in [0.05, 0.1) is 5.60 Å². The minimum Gasteiger partial charge on any atom is -0.508 e. The van der Waals surface area contributed by atoms with E-state index in [0.717, 1.165) is 5.56 Å². The van der Waals surface area contributed by atoms with Crippen LogP contribution in [0.2, 0.25) is 0 Å². The maximum atomic E-state index is 12.8. The number of phenols is 1. The van der Waals surface area contributed by atoms with Gasteiger partial charge in [0.2, 0.25) is 0 Å². The van der Waals surface area contributed by atoms with Gasteiger partial charge in [0.15, 0.2) is 0 Å². The van der Waals surface area contributed by atoms with Gasteiger partial charge in [-0.2, -0.15) is 0 Å². The predicted molar refractivity (Wildman–Crippen MR) is 74.1 cm³/mol. The topological polar surface area (TPSA) is 49.7 Å². The fourth-order valence-corrected chi connectivity index (χ4v) is 1.84. The van der Waals surface area contributed by atoms with Crippen molar-refractivity contribution in [3.05, 3.63) is 59.4 Å². The van der Waals surface area contributed by atoms with Crippen molar-refractivity contribution in [1.29, 1.82) is 0 Å². The lowest BCUT2D eigenvalue weighted by molar-refractivity contribution is 0.0754. The van der Waals surface area contributed by atoms with Crippen molar-refractivity contribution in [2.75, 3.05) is 0 Å². The molecule has 20 heavy (non-hydrogen) atoms. The molecule has 2 rings (SSSR count). The highest BCUT2D eigenvalue weighted by Crippen LogP contribution is 2.32. The lowest BCUT2D eigenvalue weighted by Gasteiger charge is -2.20. The number of rotatable bonds is 4. The molecule has 0 radical (unpaired) electrons. The molecule has 0 saturated heterocycles. The van der Waals surface area contributed by atoms with Crippen LogP contribution in [0.25, 0.3) is 0 Å². The summed E-state index contributed by atoms with van der Waals surface area (Å²) in [5.74, 6) is 0.263. The Morgan fingerprint density at radius 1 is 1.10 bits per heavy atom. The maximum Gasteiger partial charge on any atom is 0.123 e. The first kappa shape index (κ1) is 14.3. The van der Waals surface area contributed by atoms with Crippen LogP contribution < -0.4 is 4.74 Å². The van der Waals surface area contributed by atoms with E-state index >= 15 is 0 Å². The van der Waals surface area contributed by atoms with Gasteiger partial charge in [-0.15, -0.1) is 0 Å². The van der Waals surface area contributed by atoms with E-state index in [4.69, 9.17) is 4.74 Å². The molecular weight excluding hydrogens is 259 g/mol. The zero-order chi connectivity index (χ0) is 14.8. The number of ether oxygens (including phenoxy) is 1. The summed E-state index contributed by atoms with van der Waals surface area (Å²) in [5.41, 5.74) is 0.0812. The molecule has 0 aromatic heterocycles. The summed E-state index contributed by atoms with van der Waals surface area (Å²) in [4.78, 5) is 0. The molecule has 0 heterocycles. The molecule has 0 amide bonds. The molecule has 2 aromatic rings. The van der Waals surface area contributed by atoms with Gasteiger partial charge in [-0.05, 0) is 49.7 Å². The third kappa shape index (κ3) is 3.48. The molecular formula is C16H17FO3. The molecule has 0 saturated carbocycles. The van der Waals surface area contributed by atoms with Crippen LogP contribution in [0.3, 0.4) is 0 Å². The smallest absolute Gasteiger partial charge is 0.123 e. The normalized spacial score (nSPS) is 11.4. The molecule has 4 heteroatoms. The summed E-state index contributed by atoms with van der Waals surface area (Å²) in [6.45, 7) is 3.47. The van der Waals surface area contributed by atoms with E-state index < -0.39 is 5.60 Å². The first-order valence-corrected chi connectivity index (χ1v) is 6.29. The van der Waals surface area contributed by atoms with E-state index in [1.165, 1.54) is 18.2 Å². The third-order valence-electron chi connectivity index (χ3n) is 2.95. The average Bonchev–Trinajstić information content (AvgIpc) is 2.38. The number of aromatic hydroxyl groups is 1. The SMILES string of the molecule is CC(C)(O)c1cc(OCc2ccc(F)cc2)ccc1O. The van der Waals surface area contributed by atoms with Gasteiger partial charge in [-0.3, -0.25) is 0 Å². The first-order valence-electron chi connectivity index (χ1n) is 6.29. The average molecular weight is 276 g/mol. The predicted octanol–water partition coefficient (Wildman–Crippen LogP) is 3.34. The Morgan fingerprint density at radius 2 is 1.75 bits per heavy atom. The largest absolute Gasteiger partial charge is 0.508 e. The first-order chi connectivity index (χ1) is 9.36. The summed E-state index contributed by atoms with van der Waals surface area (Å²) in [6, 6.07) is 10.7. The number of aliphatic hydroxyl groups is 1. The van der Waals surface area contributed by atoms with Crippen molar-refractivity contribution in [2.24, 2.45) is 0 Å². The molecule has 0 spiro atoms. The minimum absolute atomic E-state index is 0.0200. The lowest BCUT2D eigenvalue weighted by Crippen LogP contribution is -2.15. The Labute approximate surface area is 117 Å². The number of hydrogen-bond donors (Lipinski definition) is 2. The van der Waals surface area contributed by atoms with Crippen LogP contribution in [-0.4, -0.2) is 10.2 Å². The maximum absolute atomic E-state index is 12.8. The van der Waals surface area contributed by atoms with E-state index in [2.05, 4.69) is 0 Å². The minimum atomic E-state index is -1.15. The van der Waals surface area contributed by atoms with Crippen molar-refractivity contribution in [3.63, 3.8) is 0 Å². The fraction of sp³-hybridized carbons (Fsp3) is 0.250. The highest BCUT2D eigenvalue weighted by atomic mass is 19.1. The third-order valence-corrected chi connectivity index (χ3v) is 2.95. The molecule has 106 valence electrons. The number of phenolic OH excluding ortho intramolecular Hbond substituents is 1. The Kier molecular flexibility index (Phi) is 3.95. The number of benzene rings is 2. The molecule has 0 bridgehead atoms. The second-order valence-electron chi connectivity index (χ2n) is 5.15. The van der Waals surface area contributed by atoms with Crippen molar-refractivity contribution in [3.8, 4) is 11.5 Å². The monoisotopic (exact) mass is 276 g/mol. The van der Waals surface area contributed by atoms with Crippen LogP contribution in [0.5, 0.6) is 11.5 Å². The summed E-state index contributed by atoms with van der Waals surface area (Å²) in [6.07, 6.45) is 0. The highest BCUT2D eigenvalue weighted by molar-refractivity contribution is 5.42. The van der Waals surface area contributed by atoms with Crippen LogP contribution in [0.1, 0.15) is 25.0 Å². The molecule has 2 aromatic carbocycles. The summed E-state index contributed by atoms with van der Waals surface area (Å²) in [7, 11) is 0. The standard InChI is InChI=1S/C16H17FO3/c1-16(2,19)14-9-13(7-8-15(14)18)20-10-11-3-5-12(17)6-4-11/h3-9,18-19H,10H2,1-2H3. The van der Waals surface area contributed by atoms with E-state index in [-0.39, 0.29) is 18.2 Å². The van der Waals surface area contributed by atoms with Crippen molar-refractivity contribution in [1.82, 2.24) is 0 Å². The molecule has 2 N–H and O–H groups in total. The van der Waals surface area contributed by atoms with Crippen molar-refractivity contribution in [2.45, 2.75) is 26.1 Å². The van der Waals surface area contributed by atoms with E-state index in [1.807, 2.05) is 0 Å². The zero-order valence-electron chi connectivity index (χ0n) is 11.4. The van der Waals surface area contributed by atoms with Gasteiger partial charge in [0, 0.05) is 5.56 Å². The highest BCUT2D eigenvalue weighted by Gasteiger charge is 2.20. The number of hydrogen-bond acceptors (Lipinski definition) is 3. The molecule has 0 aliphatic rings. The van der Waals surface area contributed by atoms with Crippen molar-refractivity contribution >= 4 is 0 Å². The van der Waals surface area contributed by atoms with Crippen LogP contribution in [-0.2, 0) is 12.2 Å². The molecule has 0 aliphatic carbocycles. The van der Waals surface area contributed by atoms with Crippen LogP contribution >= 0.6 is 0 Å². The second kappa shape index (κ2) is 5.51. The zero-order valence-corrected chi connectivity index (χ0v) is 11.4. The number of halogens is 1. The van der Waals surface area contributed by atoms with Gasteiger partial charge >= 0.3 is 0 Å². The molecule has 0 fully saturated rings. The lowest BCUT2D eigenvalue weighted by atomic mass is 9.97. The van der Waals surface area contributed by atoms with Crippen molar-refractivity contribution < 1.29 is 19.3 Å². The summed E-state index contributed by atoms with van der Waals surface area (Å²) < 4.78 is 18.4.